The summed E-state index contributed by atoms with van der Waals surface area (Å²) >= 11 is 0. The minimum absolute atomic E-state index is 0.0834. The molecule has 3 N–H and O–H groups in total. The maximum atomic E-state index is 12.6. The van der Waals surface area contributed by atoms with Crippen LogP contribution in [0.1, 0.15) is 5.56 Å². The summed E-state index contributed by atoms with van der Waals surface area (Å²) in [5.41, 5.74) is 5.73. The van der Waals surface area contributed by atoms with Gasteiger partial charge in [-0.15, -0.1) is 0 Å². The Labute approximate surface area is 74.2 Å². The smallest absolute Gasteiger partial charge is 0.320 e. The van der Waals surface area contributed by atoms with Gasteiger partial charge in [-0.05, 0) is 18.1 Å². The van der Waals surface area contributed by atoms with Crippen molar-refractivity contribution in [3.05, 3.63) is 29.8 Å². The number of pyridine rings is 1. The molecule has 1 aromatic heterocycles. The van der Waals surface area contributed by atoms with Crippen molar-refractivity contribution >= 4 is 5.97 Å². The molecule has 1 atom stereocenters. The summed E-state index contributed by atoms with van der Waals surface area (Å²) in [5, 5.41) is 8.47. The number of aromatic nitrogens is 1. The Balaban J connectivity index is 2.69. The van der Waals surface area contributed by atoms with Crippen molar-refractivity contribution in [1.82, 2.24) is 4.98 Å². The van der Waals surface area contributed by atoms with E-state index in [4.69, 9.17) is 10.8 Å². The highest BCUT2D eigenvalue weighted by molar-refractivity contribution is 5.73. The van der Waals surface area contributed by atoms with Crippen molar-refractivity contribution in [1.29, 1.82) is 0 Å². The fourth-order valence-corrected chi connectivity index (χ4v) is 0.909. The van der Waals surface area contributed by atoms with Crippen molar-refractivity contribution in [2.75, 3.05) is 0 Å². The van der Waals surface area contributed by atoms with Gasteiger partial charge in [-0.2, -0.15) is 0 Å². The van der Waals surface area contributed by atoms with E-state index in [1.807, 2.05) is 0 Å². The summed E-state index contributed by atoms with van der Waals surface area (Å²) in [6.45, 7) is 0. The predicted molar refractivity (Wildman–Crippen MR) is 43.5 cm³/mol. The molecule has 0 fully saturated rings. The van der Waals surface area contributed by atoms with E-state index in [-0.39, 0.29) is 6.42 Å². The number of nitrogens with two attached hydrogens (primary N) is 1. The molecule has 1 heterocycles. The van der Waals surface area contributed by atoms with E-state index in [9.17, 15) is 9.18 Å². The number of rotatable bonds is 3. The first-order valence-corrected chi connectivity index (χ1v) is 3.67. The van der Waals surface area contributed by atoms with E-state index in [2.05, 4.69) is 4.98 Å². The zero-order valence-electron chi connectivity index (χ0n) is 6.77. The first kappa shape index (κ1) is 9.60. The minimum atomic E-state index is -1.11. The average molecular weight is 184 g/mol. The topological polar surface area (TPSA) is 76.2 Å². The average Bonchev–Trinajstić information content (AvgIpc) is 2.04. The number of carbonyl (C=O) groups is 1. The highest BCUT2D eigenvalue weighted by atomic mass is 19.1. The quantitative estimate of drug-likeness (QED) is 0.702. The van der Waals surface area contributed by atoms with E-state index in [1.165, 1.54) is 12.3 Å². The second-order valence-electron chi connectivity index (χ2n) is 2.66. The lowest BCUT2D eigenvalue weighted by Gasteiger charge is -2.05. The van der Waals surface area contributed by atoms with Crippen LogP contribution < -0.4 is 5.73 Å². The molecular formula is C8H9FN2O2. The van der Waals surface area contributed by atoms with Gasteiger partial charge in [-0.3, -0.25) is 9.78 Å². The van der Waals surface area contributed by atoms with Crippen LogP contribution in [0.25, 0.3) is 0 Å². The molecule has 0 radical (unpaired) electrons. The fraction of sp³-hybridized carbons (Fsp3) is 0.250. The lowest BCUT2D eigenvalue weighted by atomic mass is 10.1. The van der Waals surface area contributed by atoms with E-state index in [1.54, 1.807) is 0 Å². The van der Waals surface area contributed by atoms with E-state index >= 15 is 0 Å². The van der Waals surface area contributed by atoms with Crippen molar-refractivity contribution in [3.63, 3.8) is 0 Å². The normalized spacial score (nSPS) is 12.5. The largest absolute Gasteiger partial charge is 0.480 e. The van der Waals surface area contributed by atoms with Crippen LogP contribution in [0.15, 0.2) is 18.5 Å². The van der Waals surface area contributed by atoms with Gasteiger partial charge in [-0.1, -0.05) is 0 Å². The Morgan fingerprint density at radius 3 is 2.92 bits per heavy atom. The lowest BCUT2D eigenvalue weighted by Crippen LogP contribution is -2.32. The zero-order chi connectivity index (χ0) is 9.84. The third-order valence-electron chi connectivity index (χ3n) is 1.53. The summed E-state index contributed by atoms with van der Waals surface area (Å²) in [5.74, 6) is -1.60. The maximum Gasteiger partial charge on any atom is 0.320 e. The van der Waals surface area contributed by atoms with E-state index in [0.717, 1.165) is 6.20 Å². The van der Waals surface area contributed by atoms with Crippen molar-refractivity contribution in [2.45, 2.75) is 12.5 Å². The molecule has 1 unspecified atom stereocenters. The Hall–Kier alpha value is -1.49. The highest BCUT2D eigenvalue weighted by Crippen LogP contribution is 2.03. The Morgan fingerprint density at radius 1 is 1.69 bits per heavy atom. The monoisotopic (exact) mass is 184 g/mol. The summed E-state index contributed by atoms with van der Waals surface area (Å²) in [7, 11) is 0. The standard InChI is InChI=1S/C8H9FN2O2/c9-6-1-5(3-11-4-6)2-7(10)8(12)13/h1,3-4,7H,2,10H2,(H,12,13). The molecular weight excluding hydrogens is 175 g/mol. The molecule has 0 aliphatic heterocycles. The number of carboxylic acid groups (broad SMARTS) is 1. The van der Waals surface area contributed by atoms with E-state index < -0.39 is 17.8 Å². The lowest BCUT2D eigenvalue weighted by molar-refractivity contribution is -0.138. The zero-order valence-corrected chi connectivity index (χ0v) is 6.77. The highest BCUT2D eigenvalue weighted by Gasteiger charge is 2.12. The van der Waals surface area contributed by atoms with Crippen LogP contribution >= 0.6 is 0 Å². The van der Waals surface area contributed by atoms with Crippen LogP contribution in [-0.2, 0) is 11.2 Å². The van der Waals surface area contributed by atoms with Crippen molar-refractivity contribution in [3.8, 4) is 0 Å². The predicted octanol–water partition coefficient (Wildman–Crippen LogP) is 0.175. The molecule has 13 heavy (non-hydrogen) atoms. The molecule has 70 valence electrons. The van der Waals surface area contributed by atoms with Crippen molar-refractivity contribution < 1.29 is 14.3 Å². The molecule has 0 spiro atoms. The number of hydrogen-bond donors (Lipinski definition) is 2. The molecule has 0 amide bonds. The van der Waals surface area contributed by atoms with Gasteiger partial charge in [0.1, 0.15) is 11.9 Å². The summed E-state index contributed by atoms with van der Waals surface area (Å²) in [6.07, 6.45) is 2.53. The Bertz CT molecular complexity index is 317. The van der Waals surface area contributed by atoms with Gasteiger partial charge in [0, 0.05) is 6.20 Å². The van der Waals surface area contributed by atoms with E-state index in [0.29, 0.717) is 5.56 Å². The summed E-state index contributed by atoms with van der Waals surface area (Å²) in [4.78, 5) is 13.9. The molecule has 1 rings (SSSR count). The Morgan fingerprint density at radius 2 is 2.38 bits per heavy atom. The maximum absolute atomic E-state index is 12.6. The van der Waals surface area contributed by atoms with Crippen LogP contribution in [0.5, 0.6) is 0 Å². The number of carboxylic acids is 1. The molecule has 0 saturated heterocycles. The van der Waals surface area contributed by atoms with Crippen LogP contribution in [0.3, 0.4) is 0 Å². The minimum Gasteiger partial charge on any atom is -0.480 e. The van der Waals surface area contributed by atoms with Gasteiger partial charge in [0.2, 0.25) is 0 Å². The van der Waals surface area contributed by atoms with Gasteiger partial charge in [0.25, 0.3) is 0 Å². The molecule has 0 saturated carbocycles. The molecule has 0 bridgehead atoms. The summed E-state index contributed by atoms with van der Waals surface area (Å²) in [6, 6.07) is 0.207. The fourth-order valence-electron chi connectivity index (χ4n) is 0.909. The molecule has 0 aromatic carbocycles. The molecule has 1 aromatic rings. The number of halogens is 1. The third-order valence-corrected chi connectivity index (χ3v) is 1.53. The SMILES string of the molecule is NC(Cc1cncc(F)c1)C(=O)O. The number of hydrogen-bond acceptors (Lipinski definition) is 3. The molecule has 0 aliphatic rings. The second kappa shape index (κ2) is 3.95. The van der Waals surface area contributed by atoms with Gasteiger partial charge in [0.15, 0.2) is 0 Å². The first-order valence-electron chi connectivity index (χ1n) is 3.67. The van der Waals surface area contributed by atoms with Crippen LogP contribution in [-0.4, -0.2) is 22.1 Å². The number of aliphatic carboxylic acids is 1. The van der Waals surface area contributed by atoms with Gasteiger partial charge in [0.05, 0.1) is 6.20 Å². The molecule has 4 nitrogen and oxygen atoms in total. The Kier molecular flexibility index (Phi) is 2.92. The van der Waals surface area contributed by atoms with Crippen LogP contribution in [0, 0.1) is 5.82 Å². The molecule has 5 heteroatoms. The van der Waals surface area contributed by atoms with Crippen molar-refractivity contribution in [2.24, 2.45) is 5.73 Å². The molecule has 0 aliphatic carbocycles. The van der Waals surface area contributed by atoms with Gasteiger partial charge < -0.3 is 10.8 Å². The first-order chi connectivity index (χ1) is 6.09. The van der Waals surface area contributed by atoms with Gasteiger partial charge >= 0.3 is 5.97 Å². The van der Waals surface area contributed by atoms with Gasteiger partial charge in [-0.25, -0.2) is 4.39 Å². The summed E-state index contributed by atoms with van der Waals surface area (Å²) < 4.78 is 12.6. The number of nitrogens with zero attached hydrogens (tertiary/aromatic N) is 1. The van der Waals surface area contributed by atoms with Crippen LogP contribution in [0.2, 0.25) is 0 Å². The van der Waals surface area contributed by atoms with Crippen LogP contribution in [0.4, 0.5) is 4.39 Å². The third kappa shape index (κ3) is 2.79. The second-order valence-corrected chi connectivity index (χ2v) is 2.66.